The van der Waals surface area contributed by atoms with Gasteiger partial charge >= 0.3 is 0 Å². The van der Waals surface area contributed by atoms with E-state index in [4.69, 9.17) is 5.26 Å². The van der Waals surface area contributed by atoms with Crippen LogP contribution < -0.4 is 0 Å². The van der Waals surface area contributed by atoms with Gasteiger partial charge in [-0.2, -0.15) is 5.26 Å². The molecule has 78 valence electrons. The molecule has 2 aromatic rings. The van der Waals surface area contributed by atoms with Gasteiger partial charge in [0.25, 0.3) is 5.69 Å². The Morgan fingerprint density at radius 3 is 2.69 bits per heavy atom. The smallest absolute Gasteiger partial charge is 0.258 e. The quantitative estimate of drug-likeness (QED) is 0.537. The molecule has 1 heterocycles. The van der Waals surface area contributed by atoms with Crippen molar-refractivity contribution in [3.05, 3.63) is 45.6 Å². The molecule has 5 heteroatoms. The number of benzene rings is 1. The van der Waals surface area contributed by atoms with Gasteiger partial charge in [-0.05, 0) is 19.1 Å². The van der Waals surface area contributed by atoms with Crippen LogP contribution in [0.4, 0.5) is 5.69 Å². The Morgan fingerprint density at radius 1 is 1.38 bits per heavy atom. The Kier molecular flexibility index (Phi) is 2.25. The maximum atomic E-state index is 10.9. The first-order valence-corrected chi connectivity index (χ1v) is 4.58. The van der Waals surface area contributed by atoms with Crippen molar-refractivity contribution in [1.82, 2.24) is 4.98 Å². The molecule has 0 bridgehead atoms. The van der Waals surface area contributed by atoms with Crippen LogP contribution in [0.15, 0.2) is 24.3 Å². The Bertz CT molecular complexity index is 629. The molecular weight excluding hydrogens is 206 g/mol. The summed E-state index contributed by atoms with van der Waals surface area (Å²) in [7, 11) is 0. The highest BCUT2D eigenvalue weighted by Crippen LogP contribution is 2.27. The Morgan fingerprint density at radius 2 is 2.06 bits per heavy atom. The van der Waals surface area contributed by atoms with Crippen LogP contribution in [-0.2, 0) is 0 Å². The molecule has 0 saturated heterocycles. The molecule has 1 aromatic heterocycles. The Labute approximate surface area is 91.1 Å². The summed E-state index contributed by atoms with van der Waals surface area (Å²) < 4.78 is 0. The summed E-state index contributed by atoms with van der Waals surface area (Å²) in [5.41, 5.74) is 0.958. The van der Waals surface area contributed by atoms with E-state index in [2.05, 4.69) is 4.98 Å². The van der Waals surface area contributed by atoms with Crippen molar-refractivity contribution in [3.63, 3.8) is 0 Å². The van der Waals surface area contributed by atoms with Crippen LogP contribution in [0.25, 0.3) is 10.9 Å². The molecule has 16 heavy (non-hydrogen) atoms. The van der Waals surface area contributed by atoms with Crippen LogP contribution >= 0.6 is 0 Å². The lowest BCUT2D eigenvalue weighted by Gasteiger charge is -2.01. The predicted octanol–water partition coefficient (Wildman–Crippen LogP) is 2.32. The minimum absolute atomic E-state index is 0.0328. The fourth-order valence-electron chi connectivity index (χ4n) is 1.57. The highest BCUT2D eigenvalue weighted by atomic mass is 16.6. The van der Waals surface area contributed by atoms with E-state index in [1.807, 2.05) is 6.07 Å². The average Bonchev–Trinajstić information content (AvgIpc) is 2.27. The minimum atomic E-state index is -0.466. The Balaban J connectivity index is 2.90. The van der Waals surface area contributed by atoms with Gasteiger partial charge in [-0.3, -0.25) is 10.1 Å². The summed E-state index contributed by atoms with van der Waals surface area (Å²) in [5.74, 6) is 0. The van der Waals surface area contributed by atoms with E-state index in [1.165, 1.54) is 0 Å². The third-order valence-corrected chi connectivity index (χ3v) is 2.33. The fraction of sp³-hybridized carbons (Fsp3) is 0.0909. The van der Waals surface area contributed by atoms with Crippen LogP contribution in [0.3, 0.4) is 0 Å². The van der Waals surface area contributed by atoms with Gasteiger partial charge in [-0.25, -0.2) is 4.98 Å². The molecule has 0 spiro atoms. The number of hydrogen-bond acceptors (Lipinski definition) is 4. The van der Waals surface area contributed by atoms with Gasteiger partial charge in [-0.1, -0.05) is 12.1 Å². The van der Waals surface area contributed by atoms with E-state index in [9.17, 15) is 10.1 Å². The SMILES string of the molecule is Cc1ccc2ccc(C#N)nc2c1[N+](=O)[O-]. The number of nitro benzene ring substituents is 1. The molecule has 0 aliphatic heterocycles. The van der Waals surface area contributed by atoms with Crippen molar-refractivity contribution in [1.29, 1.82) is 5.26 Å². The molecular formula is C11H7N3O2. The average molecular weight is 213 g/mol. The van der Waals surface area contributed by atoms with E-state index < -0.39 is 4.92 Å². The zero-order valence-corrected chi connectivity index (χ0v) is 8.47. The van der Waals surface area contributed by atoms with Crippen molar-refractivity contribution in [2.75, 3.05) is 0 Å². The molecule has 1 aromatic carbocycles. The number of pyridine rings is 1. The van der Waals surface area contributed by atoms with E-state index >= 15 is 0 Å². The molecule has 0 unspecified atom stereocenters. The lowest BCUT2D eigenvalue weighted by Crippen LogP contribution is -1.95. The van der Waals surface area contributed by atoms with Crippen molar-refractivity contribution in [3.8, 4) is 6.07 Å². The third kappa shape index (κ3) is 1.46. The number of fused-ring (bicyclic) bond motifs is 1. The first-order valence-electron chi connectivity index (χ1n) is 4.58. The largest absolute Gasteiger partial charge is 0.298 e. The number of aromatic nitrogens is 1. The summed E-state index contributed by atoms with van der Waals surface area (Å²) in [4.78, 5) is 14.4. The molecule has 0 atom stereocenters. The van der Waals surface area contributed by atoms with Crippen molar-refractivity contribution < 1.29 is 4.92 Å². The predicted molar refractivity (Wildman–Crippen MR) is 57.8 cm³/mol. The fourth-order valence-corrected chi connectivity index (χ4v) is 1.57. The Hall–Kier alpha value is -2.48. The van der Waals surface area contributed by atoms with Gasteiger partial charge in [0, 0.05) is 10.9 Å². The maximum Gasteiger partial charge on any atom is 0.298 e. The molecule has 0 aliphatic rings. The molecule has 2 rings (SSSR count). The van der Waals surface area contributed by atoms with Crippen LogP contribution in [0.2, 0.25) is 0 Å². The van der Waals surface area contributed by atoms with Gasteiger partial charge in [0.1, 0.15) is 17.3 Å². The van der Waals surface area contributed by atoms with Crippen LogP contribution in [-0.4, -0.2) is 9.91 Å². The van der Waals surface area contributed by atoms with E-state index in [-0.39, 0.29) is 16.9 Å². The number of nitrogens with zero attached hydrogens (tertiary/aromatic N) is 3. The lowest BCUT2D eigenvalue weighted by molar-refractivity contribution is -0.383. The zero-order valence-electron chi connectivity index (χ0n) is 8.47. The molecule has 5 nitrogen and oxygen atoms in total. The van der Waals surface area contributed by atoms with E-state index in [0.717, 1.165) is 0 Å². The van der Waals surface area contributed by atoms with E-state index in [0.29, 0.717) is 10.9 Å². The second-order valence-electron chi connectivity index (χ2n) is 3.37. The number of aryl methyl sites for hydroxylation is 1. The summed E-state index contributed by atoms with van der Waals surface area (Å²) in [5, 5.41) is 20.3. The first-order chi connectivity index (χ1) is 7.63. The third-order valence-electron chi connectivity index (χ3n) is 2.33. The normalized spacial score (nSPS) is 10.0. The van der Waals surface area contributed by atoms with Gasteiger partial charge in [0.2, 0.25) is 0 Å². The van der Waals surface area contributed by atoms with Crippen molar-refractivity contribution in [2.24, 2.45) is 0 Å². The topological polar surface area (TPSA) is 79.8 Å². The van der Waals surface area contributed by atoms with Crippen molar-refractivity contribution >= 4 is 16.6 Å². The zero-order chi connectivity index (χ0) is 11.7. The van der Waals surface area contributed by atoms with Crippen LogP contribution in [0.5, 0.6) is 0 Å². The molecule has 0 fully saturated rings. The summed E-state index contributed by atoms with van der Waals surface area (Å²) >= 11 is 0. The van der Waals surface area contributed by atoms with E-state index in [1.54, 1.807) is 31.2 Å². The second kappa shape index (κ2) is 3.59. The van der Waals surface area contributed by atoms with Gasteiger partial charge in [-0.15, -0.1) is 0 Å². The minimum Gasteiger partial charge on any atom is -0.258 e. The highest BCUT2D eigenvalue weighted by molar-refractivity contribution is 5.88. The molecule has 0 saturated carbocycles. The molecule has 0 radical (unpaired) electrons. The number of rotatable bonds is 1. The summed E-state index contributed by atoms with van der Waals surface area (Å²) in [6.45, 7) is 1.65. The maximum absolute atomic E-state index is 10.9. The number of hydrogen-bond donors (Lipinski definition) is 0. The van der Waals surface area contributed by atoms with Crippen LogP contribution in [0, 0.1) is 28.4 Å². The number of nitriles is 1. The standard InChI is InChI=1S/C11H7N3O2/c1-7-2-3-8-4-5-9(6-12)13-10(8)11(7)14(15)16/h2-5H,1H3. The van der Waals surface area contributed by atoms with Gasteiger partial charge < -0.3 is 0 Å². The number of nitro groups is 1. The summed E-state index contributed by atoms with van der Waals surface area (Å²) in [6, 6.07) is 8.50. The van der Waals surface area contributed by atoms with Crippen molar-refractivity contribution in [2.45, 2.75) is 6.92 Å². The summed E-state index contributed by atoms with van der Waals surface area (Å²) in [6.07, 6.45) is 0. The molecule has 0 N–H and O–H groups in total. The first kappa shape index (κ1) is 10.1. The van der Waals surface area contributed by atoms with Gasteiger partial charge in [0.15, 0.2) is 0 Å². The van der Waals surface area contributed by atoms with Gasteiger partial charge in [0.05, 0.1) is 4.92 Å². The molecule has 0 amide bonds. The molecule has 0 aliphatic carbocycles. The van der Waals surface area contributed by atoms with Crippen LogP contribution in [0.1, 0.15) is 11.3 Å². The lowest BCUT2D eigenvalue weighted by atomic mass is 10.1. The monoisotopic (exact) mass is 213 g/mol. The second-order valence-corrected chi connectivity index (χ2v) is 3.37. The highest BCUT2D eigenvalue weighted by Gasteiger charge is 2.17.